The summed E-state index contributed by atoms with van der Waals surface area (Å²) in [4.78, 5) is 18.4. The number of hydrogen-bond acceptors (Lipinski definition) is 6. The van der Waals surface area contributed by atoms with Crippen molar-refractivity contribution in [2.45, 2.75) is 39.2 Å². The van der Waals surface area contributed by atoms with Crippen LogP contribution in [0.3, 0.4) is 0 Å². The summed E-state index contributed by atoms with van der Waals surface area (Å²) in [5.74, 6) is 0.879. The predicted molar refractivity (Wildman–Crippen MR) is 134 cm³/mol. The Morgan fingerprint density at radius 3 is 2.86 bits per heavy atom. The third-order valence-corrected chi connectivity index (χ3v) is 8.73. The smallest absolute Gasteiger partial charge is 0.243 e. The van der Waals surface area contributed by atoms with Crippen molar-refractivity contribution in [3.8, 4) is 6.07 Å². The topological polar surface area (TPSA) is 71.8 Å². The van der Waals surface area contributed by atoms with Gasteiger partial charge in [0.2, 0.25) is 6.43 Å². The highest BCUT2D eigenvalue weighted by Gasteiger charge is 2.44. The molecule has 2 saturated heterocycles. The number of nitrogens with zero attached hydrogens (tertiary/aromatic N) is 5. The van der Waals surface area contributed by atoms with Gasteiger partial charge in [-0.15, -0.1) is 11.3 Å². The Labute approximate surface area is 206 Å². The van der Waals surface area contributed by atoms with Crippen molar-refractivity contribution in [1.29, 1.82) is 5.26 Å². The summed E-state index contributed by atoms with van der Waals surface area (Å²) in [6.45, 7) is 6.97. The Morgan fingerprint density at radius 1 is 1.17 bits per heavy atom. The fourth-order valence-corrected chi connectivity index (χ4v) is 6.87. The summed E-state index contributed by atoms with van der Waals surface area (Å²) in [5, 5.41) is 11.2. The molecule has 180 valence electrons. The van der Waals surface area contributed by atoms with Crippen molar-refractivity contribution in [2.24, 2.45) is 5.41 Å². The number of hydrogen-bond donors (Lipinski definition) is 1. The number of rotatable bonds is 5. The van der Waals surface area contributed by atoms with Gasteiger partial charge in [0.05, 0.1) is 5.39 Å². The number of alkyl halides is 2. The molecular formula is C26H26F2N6S. The number of likely N-dealkylation sites (tertiary alicyclic amines) is 1. The maximum atomic E-state index is 12.9. The lowest BCUT2D eigenvalue weighted by molar-refractivity contribution is 0.150. The minimum atomic E-state index is -2.35. The first kappa shape index (κ1) is 22.4. The number of anilines is 1. The summed E-state index contributed by atoms with van der Waals surface area (Å²) < 4.78 is 25.8. The number of nitriles is 1. The summed E-state index contributed by atoms with van der Waals surface area (Å²) in [5.41, 5.74) is 4.36. The van der Waals surface area contributed by atoms with Gasteiger partial charge in [0, 0.05) is 53.8 Å². The molecule has 0 radical (unpaired) electrons. The summed E-state index contributed by atoms with van der Waals surface area (Å²) >= 11 is 1.34. The van der Waals surface area contributed by atoms with E-state index in [4.69, 9.17) is 0 Å². The molecule has 1 unspecified atom stereocenters. The van der Waals surface area contributed by atoms with Gasteiger partial charge in [-0.05, 0) is 55.6 Å². The Bertz CT molecular complexity index is 1450. The van der Waals surface area contributed by atoms with Crippen LogP contribution >= 0.6 is 11.3 Å². The molecule has 0 bridgehead atoms. The molecule has 1 atom stereocenters. The van der Waals surface area contributed by atoms with Crippen LogP contribution in [0.4, 0.5) is 14.6 Å². The van der Waals surface area contributed by atoms with Gasteiger partial charge in [0.1, 0.15) is 28.7 Å². The first-order chi connectivity index (χ1) is 16.9. The number of halogens is 2. The lowest BCUT2D eigenvalue weighted by atomic mass is 9.86. The molecule has 2 aliphatic rings. The third kappa shape index (κ3) is 4.05. The van der Waals surface area contributed by atoms with E-state index in [9.17, 15) is 14.0 Å². The average molecular weight is 493 g/mol. The summed E-state index contributed by atoms with van der Waals surface area (Å²) in [6, 6.07) is 10.2. The molecular weight excluding hydrogens is 466 g/mol. The second-order valence-electron chi connectivity index (χ2n) is 9.96. The van der Waals surface area contributed by atoms with Crippen molar-refractivity contribution in [2.75, 3.05) is 31.1 Å². The normalized spacial score (nSPS) is 20.7. The van der Waals surface area contributed by atoms with Gasteiger partial charge in [0.25, 0.3) is 0 Å². The third-order valence-electron chi connectivity index (χ3n) is 7.67. The summed E-state index contributed by atoms with van der Waals surface area (Å²) in [6.07, 6.45) is 1.22. The molecule has 4 aromatic rings. The van der Waals surface area contributed by atoms with Gasteiger partial charge in [-0.3, -0.25) is 4.90 Å². The number of aryl methyl sites for hydroxylation is 1. The van der Waals surface area contributed by atoms with E-state index in [1.807, 2.05) is 12.1 Å². The van der Waals surface area contributed by atoms with E-state index >= 15 is 0 Å². The number of aromatic nitrogens is 3. The molecule has 2 fully saturated rings. The van der Waals surface area contributed by atoms with Gasteiger partial charge in [-0.25, -0.2) is 18.7 Å². The highest BCUT2D eigenvalue weighted by molar-refractivity contribution is 7.18. The van der Waals surface area contributed by atoms with Gasteiger partial charge in [-0.1, -0.05) is 6.07 Å². The Hall–Kier alpha value is -3.09. The molecule has 6 rings (SSSR count). The van der Waals surface area contributed by atoms with Gasteiger partial charge in [-0.2, -0.15) is 5.26 Å². The largest absolute Gasteiger partial charge is 0.355 e. The molecule has 1 spiro atoms. The molecule has 6 nitrogen and oxygen atoms in total. The number of benzene rings is 1. The van der Waals surface area contributed by atoms with Crippen LogP contribution in [0.15, 0.2) is 30.6 Å². The summed E-state index contributed by atoms with van der Waals surface area (Å²) in [7, 11) is 0. The highest BCUT2D eigenvalue weighted by atomic mass is 32.1. The standard InChI is InChI=1S/C26H26F2N6S/c1-16-17(2-3-22-20(16)8-18(11-29)32-22)12-33-6-4-26(13-33)5-7-34(14-26)24-21-9-19(10-23(27)28)35-25(21)31-15-30-24/h2-3,8-9,15,23,32H,4-7,10,12-14H2,1H3. The number of fused-ring (bicyclic) bond motifs is 2. The first-order valence-corrected chi connectivity index (χ1v) is 12.7. The first-order valence-electron chi connectivity index (χ1n) is 11.9. The molecule has 3 aromatic heterocycles. The zero-order chi connectivity index (χ0) is 24.2. The highest BCUT2D eigenvalue weighted by Crippen LogP contribution is 2.43. The van der Waals surface area contributed by atoms with Crippen LogP contribution < -0.4 is 4.90 Å². The zero-order valence-electron chi connectivity index (χ0n) is 19.5. The van der Waals surface area contributed by atoms with E-state index in [0.717, 1.165) is 72.5 Å². The Kier molecular flexibility index (Phi) is 5.46. The lowest BCUT2D eigenvalue weighted by Gasteiger charge is -2.25. The van der Waals surface area contributed by atoms with Crippen molar-refractivity contribution in [3.05, 3.63) is 52.3 Å². The van der Waals surface area contributed by atoms with E-state index < -0.39 is 6.43 Å². The van der Waals surface area contributed by atoms with Gasteiger partial charge < -0.3 is 9.88 Å². The van der Waals surface area contributed by atoms with E-state index in [1.165, 1.54) is 22.5 Å². The Morgan fingerprint density at radius 2 is 2.03 bits per heavy atom. The molecule has 5 heterocycles. The monoisotopic (exact) mass is 492 g/mol. The number of thiophene rings is 1. The van der Waals surface area contributed by atoms with E-state index in [0.29, 0.717) is 10.6 Å². The van der Waals surface area contributed by atoms with Crippen LogP contribution in [0.5, 0.6) is 0 Å². The van der Waals surface area contributed by atoms with Crippen LogP contribution in [-0.2, 0) is 13.0 Å². The molecule has 0 amide bonds. The number of aromatic amines is 1. The van der Waals surface area contributed by atoms with Crippen LogP contribution in [-0.4, -0.2) is 52.5 Å². The SMILES string of the molecule is Cc1c(CN2CCC3(CCN(c4ncnc5sc(CC(F)F)cc45)C3)C2)ccc2[nH]c(C#N)cc12. The fraction of sp³-hybridized carbons (Fsp3) is 0.423. The lowest BCUT2D eigenvalue weighted by Crippen LogP contribution is -2.31. The molecule has 2 aliphatic heterocycles. The van der Waals surface area contributed by atoms with Crippen LogP contribution in [0, 0.1) is 23.7 Å². The second kappa shape index (κ2) is 8.54. The fourth-order valence-electron chi connectivity index (χ4n) is 5.88. The molecule has 0 saturated carbocycles. The Balaban J connectivity index is 1.18. The molecule has 9 heteroatoms. The molecule has 0 aliphatic carbocycles. The maximum absolute atomic E-state index is 12.9. The average Bonchev–Trinajstić information content (AvgIpc) is 3.61. The van der Waals surface area contributed by atoms with E-state index in [-0.39, 0.29) is 11.8 Å². The quantitative estimate of drug-likeness (QED) is 0.411. The molecule has 1 N–H and O–H groups in total. The van der Waals surface area contributed by atoms with Crippen molar-refractivity contribution in [3.63, 3.8) is 0 Å². The molecule has 1 aromatic carbocycles. The van der Waals surface area contributed by atoms with Crippen molar-refractivity contribution < 1.29 is 8.78 Å². The van der Waals surface area contributed by atoms with E-state index in [2.05, 4.69) is 49.9 Å². The van der Waals surface area contributed by atoms with Crippen LogP contribution in [0.1, 0.15) is 34.5 Å². The van der Waals surface area contributed by atoms with Crippen molar-refractivity contribution in [1.82, 2.24) is 19.9 Å². The second-order valence-corrected chi connectivity index (χ2v) is 11.1. The number of H-pyrrole nitrogens is 1. The van der Waals surface area contributed by atoms with Gasteiger partial charge >= 0.3 is 0 Å². The van der Waals surface area contributed by atoms with Crippen molar-refractivity contribution >= 4 is 38.3 Å². The van der Waals surface area contributed by atoms with Crippen LogP contribution in [0.2, 0.25) is 0 Å². The predicted octanol–water partition coefficient (Wildman–Crippen LogP) is 5.26. The minimum absolute atomic E-state index is 0.221. The van der Waals surface area contributed by atoms with E-state index in [1.54, 1.807) is 6.33 Å². The van der Waals surface area contributed by atoms with Crippen LogP contribution in [0.25, 0.3) is 21.1 Å². The minimum Gasteiger partial charge on any atom is -0.355 e. The zero-order valence-corrected chi connectivity index (χ0v) is 20.3. The molecule has 35 heavy (non-hydrogen) atoms. The number of nitrogens with one attached hydrogen (secondary N) is 1. The maximum Gasteiger partial charge on any atom is 0.243 e. The van der Waals surface area contributed by atoms with Gasteiger partial charge in [0.15, 0.2) is 0 Å².